The summed E-state index contributed by atoms with van der Waals surface area (Å²) >= 11 is 0. The second kappa shape index (κ2) is 3.92. The van der Waals surface area contributed by atoms with Crippen LogP contribution in [0, 0.1) is 0 Å². The predicted octanol–water partition coefficient (Wildman–Crippen LogP) is 0.518. The van der Waals surface area contributed by atoms with Crippen molar-refractivity contribution >= 4 is 5.91 Å². The number of ether oxygens (including phenoxy) is 2. The largest absolute Gasteiger partial charge is 0.454 e. The van der Waals surface area contributed by atoms with Crippen molar-refractivity contribution in [2.45, 2.75) is 6.04 Å². The molecule has 90 valence electrons. The normalized spacial score (nSPS) is 23.0. The molecule has 5 heteroatoms. The molecule has 1 saturated heterocycles. The van der Waals surface area contributed by atoms with Crippen LogP contribution in [0.5, 0.6) is 11.5 Å². The molecule has 0 aromatic heterocycles. The first kappa shape index (κ1) is 10.4. The minimum absolute atomic E-state index is 0.0927. The highest BCUT2D eigenvalue weighted by atomic mass is 16.7. The minimum Gasteiger partial charge on any atom is -0.454 e. The number of rotatable bonds is 1. The molecule has 0 spiro atoms. The van der Waals surface area contributed by atoms with Crippen LogP contribution in [0.3, 0.4) is 0 Å². The highest BCUT2D eigenvalue weighted by Gasteiger charge is 2.28. The number of carbonyl (C=O) groups excluding carboxylic acids is 1. The molecule has 1 aromatic carbocycles. The van der Waals surface area contributed by atoms with Crippen molar-refractivity contribution in [2.75, 3.05) is 26.9 Å². The van der Waals surface area contributed by atoms with E-state index in [1.165, 1.54) is 0 Å². The Labute approximate surface area is 99.3 Å². The van der Waals surface area contributed by atoms with Crippen molar-refractivity contribution in [2.24, 2.45) is 0 Å². The van der Waals surface area contributed by atoms with Crippen LogP contribution in [-0.4, -0.2) is 37.7 Å². The summed E-state index contributed by atoms with van der Waals surface area (Å²) in [6.07, 6.45) is 0. The molecule has 3 rings (SSSR count). The van der Waals surface area contributed by atoms with Gasteiger partial charge in [0.1, 0.15) is 6.04 Å². The van der Waals surface area contributed by atoms with Gasteiger partial charge in [-0.3, -0.25) is 4.79 Å². The number of benzene rings is 1. The molecule has 0 saturated carbocycles. The van der Waals surface area contributed by atoms with E-state index in [0.29, 0.717) is 5.75 Å². The molecule has 1 unspecified atom stereocenters. The summed E-state index contributed by atoms with van der Waals surface area (Å²) in [5.74, 6) is 1.55. The van der Waals surface area contributed by atoms with Crippen LogP contribution in [0.2, 0.25) is 0 Å². The Morgan fingerprint density at radius 1 is 1.35 bits per heavy atom. The Morgan fingerprint density at radius 2 is 2.18 bits per heavy atom. The lowest BCUT2D eigenvalue weighted by Gasteiger charge is -2.30. The lowest BCUT2D eigenvalue weighted by Crippen LogP contribution is -2.48. The van der Waals surface area contributed by atoms with Crippen LogP contribution in [-0.2, 0) is 4.79 Å². The molecule has 2 aliphatic heterocycles. The van der Waals surface area contributed by atoms with Crippen LogP contribution in [0.1, 0.15) is 11.6 Å². The zero-order valence-electron chi connectivity index (χ0n) is 9.60. The van der Waals surface area contributed by atoms with Crippen LogP contribution in [0.15, 0.2) is 18.2 Å². The number of likely N-dealkylation sites (N-methyl/N-ethyl adjacent to an activating group) is 1. The standard InChI is InChI=1S/C12H14N2O3/c1-14-5-4-13-11(12(14)15)8-2-3-9-10(6-8)17-7-16-9/h2-3,6,11,13H,4-5,7H2,1H3. The lowest BCUT2D eigenvalue weighted by molar-refractivity contribution is -0.134. The molecular weight excluding hydrogens is 220 g/mol. The summed E-state index contributed by atoms with van der Waals surface area (Å²) < 4.78 is 10.6. The fourth-order valence-corrected chi connectivity index (χ4v) is 2.15. The number of hydrogen-bond acceptors (Lipinski definition) is 4. The zero-order chi connectivity index (χ0) is 11.8. The van der Waals surface area contributed by atoms with Gasteiger partial charge in [-0.2, -0.15) is 0 Å². The smallest absolute Gasteiger partial charge is 0.244 e. The van der Waals surface area contributed by atoms with E-state index in [4.69, 9.17) is 9.47 Å². The van der Waals surface area contributed by atoms with Crippen LogP contribution >= 0.6 is 0 Å². The third-order valence-corrected chi connectivity index (χ3v) is 3.15. The number of carbonyl (C=O) groups is 1. The maximum absolute atomic E-state index is 12.0. The van der Waals surface area contributed by atoms with Crippen molar-refractivity contribution in [3.05, 3.63) is 23.8 Å². The van der Waals surface area contributed by atoms with E-state index in [-0.39, 0.29) is 18.7 Å². The average molecular weight is 234 g/mol. The van der Waals surface area contributed by atoms with Gasteiger partial charge in [-0.25, -0.2) is 0 Å². The van der Waals surface area contributed by atoms with Gasteiger partial charge in [-0.05, 0) is 17.7 Å². The number of hydrogen-bond donors (Lipinski definition) is 1. The molecule has 1 N–H and O–H groups in total. The lowest BCUT2D eigenvalue weighted by atomic mass is 10.0. The van der Waals surface area contributed by atoms with Crippen molar-refractivity contribution in [3.8, 4) is 11.5 Å². The van der Waals surface area contributed by atoms with Gasteiger partial charge in [0, 0.05) is 20.1 Å². The Kier molecular flexibility index (Phi) is 2.40. The van der Waals surface area contributed by atoms with Crippen LogP contribution in [0.25, 0.3) is 0 Å². The number of amides is 1. The first-order chi connectivity index (χ1) is 8.25. The van der Waals surface area contributed by atoms with Gasteiger partial charge < -0.3 is 19.7 Å². The van der Waals surface area contributed by atoms with Crippen molar-refractivity contribution in [1.82, 2.24) is 10.2 Å². The quantitative estimate of drug-likeness (QED) is 0.769. The minimum atomic E-state index is -0.275. The molecule has 0 radical (unpaired) electrons. The number of nitrogens with zero attached hydrogens (tertiary/aromatic N) is 1. The van der Waals surface area contributed by atoms with E-state index in [2.05, 4.69) is 5.32 Å². The molecule has 1 amide bonds. The first-order valence-electron chi connectivity index (χ1n) is 5.63. The van der Waals surface area contributed by atoms with Gasteiger partial charge in [0.25, 0.3) is 0 Å². The van der Waals surface area contributed by atoms with E-state index in [9.17, 15) is 4.79 Å². The second-order valence-corrected chi connectivity index (χ2v) is 4.26. The van der Waals surface area contributed by atoms with Gasteiger partial charge in [0.2, 0.25) is 12.7 Å². The van der Waals surface area contributed by atoms with Gasteiger partial charge in [0.05, 0.1) is 0 Å². The summed E-state index contributed by atoms with van der Waals surface area (Å²) in [5, 5.41) is 3.22. The van der Waals surface area contributed by atoms with Crippen molar-refractivity contribution in [3.63, 3.8) is 0 Å². The third kappa shape index (κ3) is 1.72. The molecule has 17 heavy (non-hydrogen) atoms. The molecule has 0 aliphatic carbocycles. The molecule has 1 atom stereocenters. The highest BCUT2D eigenvalue weighted by Crippen LogP contribution is 2.34. The third-order valence-electron chi connectivity index (χ3n) is 3.15. The molecule has 2 aliphatic rings. The molecule has 1 aromatic rings. The summed E-state index contributed by atoms with van der Waals surface area (Å²) in [5.41, 5.74) is 0.922. The van der Waals surface area contributed by atoms with Crippen molar-refractivity contribution in [1.29, 1.82) is 0 Å². The topological polar surface area (TPSA) is 50.8 Å². The van der Waals surface area contributed by atoms with Gasteiger partial charge in [0.15, 0.2) is 11.5 Å². The molecule has 1 fully saturated rings. The van der Waals surface area contributed by atoms with E-state index in [0.717, 1.165) is 24.4 Å². The number of nitrogens with one attached hydrogen (secondary N) is 1. The Hall–Kier alpha value is -1.75. The van der Waals surface area contributed by atoms with Gasteiger partial charge in [-0.1, -0.05) is 6.07 Å². The van der Waals surface area contributed by atoms with Gasteiger partial charge >= 0.3 is 0 Å². The predicted molar refractivity (Wildman–Crippen MR) is 60.9 cm³/mol. The number of piperazine rings is 1. The maximum atomic E-state index is 12.0. The molecule has 0 bridgehead atoms. The first-order valence-corrected chi connectivity index (χ1v) is 5.63. The zero-order valence-corrected chi connectivity index (χ0v) is 9.60. The van der Waals surface area contributed by atoms with E-state index < -0.39 is 0 Å². The van der Waals surface area contributed by atoms with Crippen LogP contribution < -0.4 is 14.8 Å². The SMILES string of the molecule is CN1CCNC(c2ccc3c(c2)OCO3)C1=O. The Bertz CT molecular complexity index is 461. The highest BCUT2D eigenvalue weighted by molar-refractivity contribution is 5.84. The second-order valence-electron chi connectivity index (χ2n) is 4.26. The number of fused-ring (bicyclic) bond motifs is 1. The molecule has 5 nitrogen and oxygen atoms in total. The van der Waals surface area contributed by atoms with E-state index >= 15 is 0 Å². The van der Waals surface area contributed by atoms with Gasteiger partial charge in [-0.15, -0.1) is 0 Å². The fraction of sp³-hybridized carbons (Fsp3) is 0.417. The monoisotopic (exact) mass is 234 g/mol. The Balaban J connectivity index is 1.91. The fourth-order valence-electron chi connectivity index (χ4n) is 2.15. The van der Waals surface area contributed by atoms with Crippen molar-refractivity contribution < 1.29 is 14.3 Å². The summed E-state index contributed by atoms with van der Waals surface area (Å²) in [4.78, 5) is 13.8. The van der Waals surface area contributed by atoms with E-state index in [1.54, 1.807) is 4.90 Å². The van der Waals surface area contributed by atoms with Crippen LogP contribution in [0.4, 0.5) is 0 Å². The average Bonchev–Trinajstić information content (AvgIpc) is 2.79. The molecule has 2 heterocycles. The summed E-state index contributed by atoms with van der Waals surface area (Å²) in [6, 6.07) is 5.35. The van der Waals surface area contributed by atoms with E-state index in [1.807, 2.05) is 25.2 Å². The maximum Gasteiger partial charge on any atom is 0.244 e. The summed E-state index contributed by atoms with van der Waals surface area (Å²) in [6.45, 7) is 1.81. The Morgan fingerprint density at radius 3 is 3.06 bits per heavy atom. The summed E-state index contributed by atoms with van der Waals surface area (Å²) in [7, 11) is 1.82. The molecular formula is C12H14N2O3.